The van der Waals surface area contributed by atoms with E-state index in [1.165, 1.54) is 11.3 Å². The van der Waals surface area contributed by atoms with E-state index in [-0.39, 0.29) is 24.0 Å². The molecule has 22 heavy (non-hydrogen) atoms. The first kappa shape index (κ1) is 17.0. The summed E-state index contributed by atoms with van der Waals surface area (Å²) >= 11 is 1.52. The van der Waals surface area contributed by atoms with Gasteiger partial charge in [-0.25, -0.2) is 4.79 Å². The van der Waals surface area contributed by atoms with E-state index in [4.69, 9.17) is 4.74 Å². The Morgan fingerprint density at radius 3 is 2.68 bits per heavy atom. The lowest BCUT2D eigenvalue weighted by atomic mass is 9.92. The minimum absolute atomic E-state index is 0.0639. The van der Waals surface area contributed by atoms with E-state index < -0.39 is 5.60 Å². The number of thiophene rings is 1. The molecule has 5 heteroatoms. The molecule has 2 atom stereocenters. The van der Waals surface area contributed by atoms with Crippen molar-refractivity contribution in [2.45, 2.75) is 71.1 Å². The van der Waals surface area contributed by atoms with Gasteiger partial charge < -0.3 is 9.64 Å². The van der Waals surface area contributed by atoms with Crippen molar-refractivity contribution in [1.82, 2.24) is 4.90 Å². The first-order chi connectivity index (χ1) is 10.3. The van der Waals surface area contributed by atoms with Crippen LogP contribution in [0.1, 0.15) is 63.7 Å². The van der Waals surface area contributed by atoms with Gasteiger partial charge in [-0.05, 0) is 58.4 Å². The van der Waals surface area contributed by atoms with Crippen molar-refractivity contribution in [3.8, 4) is 0 Å². The van der Waals surface area contributed by atoms with Gasteiger partial charge in [-0.15, -0.1) is 0 Å². The highest BCUT2D eigenvalue weighted by atomic mass is 32.1. The van der Waals surface area contributed by atoms with Gasteiger partial charge in [0.1, 0.15) is 5.60 Å². The fourth-order valence-corrected chi connectivity index (χ4v) is 3.55. The summed E-state index contributed by atoms with van der Waals surface area (Å²) in [5, 5.41) is 3.77. The average Bonchev–Trinajstić information content (AvgIpc) is 2.90. The first-order valence-electron chi connectivity index (χ1n) is 7.84. The molecule has 0 radical (unpaired) electrons. The third-order valence-electron chi connectivity index (χ3n) is 3.90. The van der Waals surface area contributed by atoms with Gasteiger partial charge in [0.05, 0.1) is 0 Å². The Hall–Kier alpha value is -1.36. The van der Waals surface area contributed by atoms with Crippen LogP contribution in [0.25, 0.3) is 0 Å². The number of hydrogen-bond donors (Lipinski definition) is 0. The molecule has 2 heterocycles. The normalized spacial score (nSPS) is 22.5. The maximum absolute atomic E-state index is 12.5. The van der Waals surface area contributed by atoms with Gasteiger partial charge in [-0.2, -0.15) is 11.3 Å². The van der Waals surface area contributed by atoms with E-state index in [9.17, 15) is 9.59 Å². The lowest BCUT2D eigenvalue weighted by molar-refractivity contribution is -0.00305. The summed E-state index contributed by atoms with van der Waals surface area (Å²) in [5.41, 5.74) is 0.225. The zero-order chi connectivity index (χ0) is 16.3. The van der Waals surface area contributed by atoms with Gasteiger partial charge in [0.2, 0.25) is 0 Å². The second-order valence-corrected chi connectivity index (χ2v) is 7.74. The number of ether oxygens (including phenoxy) is 1. The van der Waals surface area contributed by atoms with Crippen LogP contribution >= 0.6 is 11.3 Å². The smallest absolute Gasteiger partial charge is 0.410 e. The number of carbonyl (C=O) groups excluding carboxylic acids is 2. The summed E-state index contributed by atoms with van der Waals surface area (Å²) < 4.78 is 5.53. The largest absolute Gasteiger partial charge is 0.444 e. The van der Waals surface area contributed by atoms with E-state index in [0.29, 0.717) is 6.42 Å². The van der Waals surface area contributed by atoms with Crippen molar-refractivity contribution in [1.29, 1.82) is 0 Å². The Morgan fingerprint density at radius 2 is 2.09 bits per heavy atom. The first-order valence-corrected chi connectivity index (χ1v) is 8.79. The van der Waals surface area contributed by atoms with Gasteiger partial charge in [0.15, 0.2) is 5.78 Å². The zero-order valence-electron chi connectivity index (χ0n) is 13.8. The van der Waals surface area contributed by atoms with Crippen LogP contribution in [0.3, 0.4) is 0 Å². The SMILES string of the molecule is CC1CCCC(CC(=O)c2ccsc2)N1C(=O)OC(C)(C)C. The summed E-state index contributed by atoms with van der Waals surface area (Å²) in [6.45, 7) is 7.63. The third-order valence-corrected chi connectivity index (χ3v) is 4.58. The van der Waals surface area contributed by atoms with Crippen LogP contribution in [-0.4, -0.2) is 34.5 Å². The number of hydrogen-bond acceptors (Lipinski definition) is 4. The van der Waals surface area contributed by atoms with Gasteiger partial charge in [0.25, 0.3) is 0 Å². The van der Waals surface area contributed by atoms with Crippen molar-refractivity contribution >= 4 is 23.2 Å². The number of amides is 1. The lowest BCUT2D eigenvalue weighted by Crippen LogP contribution is -2.51. The molecule has 1 saturated heterocycles. The molecule has 2 unspecified atom stereocenters. The predicted octanol–water partition coefficient (Wildman–Crippen LogP) is 4.50. The van der Waals surface area contributed by atoms with Crippen LogP contribution in [0.15, 0.2) is 16.8 Å². The van der Waals surface area contributed by atoms with Crippen LogP contribution in [0.4, 0.5) is 4.79 Å². The summed E-state index contributed by atoms with van der Waals surface area (Å²) in [4.78, 5) is 26.6. The Morgan fingerprint density at radius 1 is 1.36 bits per heavy atom. The predicted molar refractivity (Wildman–Crippen MR) is 88.4 cm³/mol. The van der Waals surface area contributed by atoms with Crippen LogP contribution in [-0.2, 0) is 4.74 Å². The summed E-state index contributed by atoms with van der Waals surface area (Å²) in [7, 11) is 0. The Labute approximate surface area is 136 Å². The monoisotopic (exact) mass is 323 g/mol. The Balaban J connectivity index is 2.09. The molecule has 1 aromatic rings. The van der Waals surface area contributed by atoms with Crippen molar-refractivity contribution in [2.24, 2.45) is 0 Å². The molecule has 0 spiro atoms. The van der Waals surface area contributed by atoms with E-state index in [0.717, 1.165) is 24.8 Å². The maximum atomic E-state index is 12.5. The molecule has 0 saturated carbocycles. The molecule has 1 amide bonds. The summed E-state index contributed by atoms with van der Waals surface area (Å²) in [5.74, 6) is 0.105. The van der Waals surface area contributed by atoms with Gasteiger partial charge in [-0.3, -0.25) is 4.79 Å². The molecule has 1 aromatic heterocycles. The van der Waals surface area contributed by atoms with Gasteiger partial charge in [0, 0.05) is 29.4 Å². The highest BCUT2D eigenvalue weighted by molar-refractivity contribution is 7.08. The molecule has 1 aliphatic heterocycles. The number of nitrogens with zero attached hydrogens (tertiary/aromatic N) is 1. The van der Waals surface area contributed by atoms with E-state index in [1.54, 1.807) is 4.90 Å². The van der Waals surface area contributed by atoms with Crippen molar-refractivity contribution in [3.05, 3.63) is 22.4 Å². The topological polar surface area (TPSA) is 46.6 Å². The number of ketones is 1. The molecule has 1 aliphatic rings. The quantitative estimate of drug-likeness (QED) is 0.769. The van der Waals surface area contributed by atoms with Crippen LogP contribution < -0.4 is 0 Å². The van der Waals surface area contributed by atoms with Crippen LogP contribution in [0, 0.1) is 0 Å². The molecular weight excluding hydrogens is 298 g/mol. The van der Waals surface area contributed by atoms with E-state index >= 15 is 0 Å². The molecule has 1 fully saturated rings. The Bertz CT molecular complexity index is 519. The van der Waals surface area contributed by atoms with Crippen molar-refractivity contribution in [2.75, 3.05) is 0 Å². The number of likely N-dealkylation sites (tertiary alicyclic amines) is 1. The number of rotatable bonds is 3. The van der Waals surface area contributed by atoms with E-state index in [1.807, 2.05) is 44.5 Å². The van der Waals surface area contributed by atoms with Crippen molar-refractivity contribution in [3.63, 3.8) is 0 Å². The molecule has 2 rings (SSSR count). The number of Topliss-reactive ketones (excluding diaryl/α,β-unsaturated/α-hetero) is 1. The summed E-state index contributed by atoms with van der Waals surface area (Å²) in [6.07, 6.45) is 2.94. The zero-order valence-corrected chi connectivity index (χ0v) is 14.6. The second kappa shape index (κ2) is 6.82. The molecule has 0 N–H and O–H groups in total. The average molecular weight is 323 g/mol. The molecular formula is C17H25NO3S. The number of piperidine rings is 1. The van der Waals surface area contributed by atoms with Gasteiger partial charge in [-0.1, -0.05) is 0 Å². The maximum Gasteiger partial charge on any atom is 0.410 e. The fraction of sp³-hybridized carbons (Fsp3) is 0.647. The molecule has 0 aromatic carbocycles. The highest BCUT2D eigenvalue weighted by Gasteiger charge is 2.35. The molecule has 4 nitrogen and oxygen atoms in total. The minimum Gasteiger partial charge on any atom is -0.444 e. The van der Waals surface area contributed by atoms with E-state index in [2.05, 4.69) is 0 Å². The van der Waals surface area contributed by atoms with Crippen LogP contribution in [0.5, 0.6) is 0 Å². The van der Waals surface area contributed by atoms with Crippen molar-refractivity contribution < 1.29 is 14.3 Å². The molecule has 0 bridgehead atoms. The summed E-state index contributed by atoms with van der Waals surface area (Å²) in [6, 6.07) is 1.90. The highest BCUT2D eigenvalue weighted by Crippen LogP contribution is 2.28. The standard InChI is InChI=1S/C17H25NO3S/c1-12-6-5-7-14(10-15(19)13-8-9-22-11-13)18(12)16(20)21-17(2,3)4/h8-9,11-12,14H,5-7,10H2,1-4H3. The third kappa shape index (κ3) is 4.32. The molecule has 0 aliphatic carbocycles. The second-order valence-electron chi connectivity index (χ2n) is 6.96. The molecule has 122 valence electrons. The minimum atomic E-state index is -0.518. The van der Waals surface area contributed by atoms with Gasteiger partial charge >= 0.3 is 6.09 Å². The lowest BCUT2D eigenvalue weighted by Gasteiger charge is -2.41. The number of carbonyl (C=O) groups is 2. The fourth-order valence-electron chi connectivity index (χ4n) is 2.89. The Kier molecular flexibility index (Phi) is 5.27. The van der Waals surface area contributed by atoms with Crippen LogP contribution in [0.2, 0.25) is 0 Å².